The van der Waals surface area contributed by atoms with Gasteiger partial charge in [0.1, 0.15) is 0 Å². The molecule has 0 fully saturated rings. The van der Waals surface area contributed by atoms with Gasteiger partial charge in [0.25, 0.3) is 5.91 Å². The fourth-order valence-corrected chi connectivity index (χ4v) is 2.82. The molecule has 0 bridgehead atoms. The molecule has 0 aliphatic carbocycles. The van der Waals surface area contributed by atoms with Crippen LogP contribution in [0.3, 0.4) is 0 Å². The molecule has 0 atom stereocenters. The lowest BCUT2D eigenvalue weighted by atomic mass is 10.1. The average molecular weight is 332 g/mol. The minimum atomic E-state index is -3.15. The summed E-state index contributed by atoms with van der Waals surface area (Å²) in [5.41, 5.74) is 0.877. The predicted octanol–water partition coefficient (Wildman–Crippen LogP) is 0.847. The molecule has 0 aliphatic rings. The molecule has 0 saturated heterocycles. The number of hydrogen-bond donors (Lipinski definition) is 1. The molecule has 23 heavy (non-hydrogen) atoms. The van der Waals surface area contributed by atoms with Crippen LogP contribution in [0.4, 0.5) is 5.69 Å². The number of sulfone groups is 1. The molecule has 0 aliphatic heterocycles. The summed E-state index contributed by atoms with van der Waals surface area (Å²) in [4.78, 5) is 23.1. The third kappa shape index (κ3) is 4.65. The van der Waals surface area contributed by atoms with E-state index in [9.17, 15) is 23.1 Å². The van der Waals surface area contributed by atoms with Crippen molar-refractivity contribution in [3.63, 3.8) is 0 Å². The highest BCUT2D eigenvalue weighted by Crippen LogP contribution is 2.16. The summed E-state index contributed by atoms with van der Waals surface area (Å²) in [6.07, 6.45) is 1.13. The second kappa shape index (κ2) is 6.62. The van der Waals surface area contributed by atoms with Gasteiger partial charge >= 0.3 is 0 Å². The first-order valence-electron chi connectivity index (χ1n) is 6.64. The number of para-hydroxylation sites is 1. The fourth-order valence-electron chi connectivity index (χ4n) is 2.02. The zero-order chi connectivity index (χ0) is 17.0. The lowest BCUT2D eigenvalue weighted by Crippen LogP contribution is -2.24. The highest BCUT2D eigenvalue weighted by molar-refractivity contribution is 7.89. The van der Waals surface area contributed by atoms with Gasteiger partial charge in [0.2, 0.25) is 0 Å². The van der Waals surface area contributed by atoms with E-state index in [1.54, 1.807) is 18.2 Å². The molecule has 0 unspecified atom stereocenters. The number of amides is 1. The van der Waals surface area contributed by atoms with Crippen molar-refractivity contribution in [3.05, 3.63) is 65.2 Å². The number of carboxylic acids is 1. The molecule has 0 radical (unpaired) electrons. The van der Waals surface area contributed by atoms with Gasteiger partial charge in [0, 0.05) is 17.4 Å². The number of carboxylic acid groups (broad SMARTS) is 1. The van der Waals surface area contributed by atoms with E-state index in [4.69, 9.17) is 0 Å². The first kappa shape index (κ1) is 16.7. The largest absolute Gasteiger partial charge is 0.545 e. The van der Waals surface area contributed by atoms with Crippen LogP contribution >= 0.6 is 0 Å². The Morgan fingerprint density at radius 1 is 1.04 bits per heavy atom. The monoisotopic (exact) mass is 332 g/mol. The average Bonchev–Trinajstić information content (AvgIpc) is 2.46. The van der Waals surface area contributed by atoms with Crippen LogP contribution < -0.4 is 10.4 Å². The number of nitrogens with one attached hydrogen (secondary N) is 1. The smallest absolute Gasteiger partial charge is 0.255 e. The lowest BCUT2D eigenvalue weighted by Gasteiger charge is -2.11. The van der Waals surface area contributed by atoms with Crippen LogP contribution in [0.2, 0.25) is 0 Å². The summed E-state index contributed by atoms with van der Waals surface area (Å²) in [7, 11) is -3.15. The first-order valence-corrected chi connectivity index (χ1v) is 8.71. The Kier molecular flexibility index (Phi) is 4.80. The SMILES string of the molecule is CS(=O)(=O)Cc1ccc(C(=O)Nc2ccccc2C(=O)[O-])cc1. The maximum Gasteiger partial charge on any atom is 0.255 e. The summed E-state index contributed by atoms with van der Waals surface area (Å²) in [6.45, 7) is 0. The van der Waals surface area contributed by atoms with Crippen molar-refractivity contribution in [2.75, 3.05) is 11.6 Å². The van der Waals surface area contributed by atoms with Gasteiger partial charge in [-0.1, -0.05) is 30.3 Å². The molecule has 120 valence electrons. The van der Waals surface area contributed by atoms with E-state index in [0.29, 0.717) is 5.56 Å². The van der Waals surface area contributed by atoms with E-state index >= 15 is 0 Å². The van der Waals surface area contributed by atoms with Gasteiger partial charge in [0.15, 0.2) is 9.84 Å². The maximum absolute atomic E-state index is 12.1. The maximum atomic E-state index is 12.1. The summed E-state index contributed by atoms with van der Waals surface area (Å²) in [5.74, 6) is -1.99. The molecule has 2 aromatic rings. The summed E-state index contributed by atoms with van der Waals surface area (Å²) in [6, 6.07) is 12.0. The van der Waals surface area contributed by atoms with E-state index in [1.807, 2.05) is 0 Å². The fraction of sp³-hybridized carbons (Fsp3) is 0.125. The van der Waals surface area contributed by atoms with Gasteiger partial charge in [-0.3, -0.25) is 4.79 Å². The van der Waals surface area contributed by atoms with Crippen molar-refractivity contribution < 1.29 is 23.1 Å². The number of anilines is 1. The summed E-state index contributed by atoms with van der Waals surface area (Å²) in [5, 5.41) is 13.5. The first-order chi connectivity index (χ1) is 10.8. The Balaban J connectivity index is 2.17. The third-order valence-electron chi connectivity index (χ3n) is 3.04. The molecule has 0 saturated carbocycles. The highest BCUT2D eigenvalue weighted by Gasteiger charge is 2.10. The van der Waals surface area contributed by atoms with E-state index in [2.05, 4.69) is 5.32 Å². The van der Waals surface area contributed by atoms with Crippen LogP contribution in [0, 0.1) is 0 Å². The van der Waals surface area contributed by atoms with Crippen LogP contribution in [-0.2, 0) is 15.6 Å². The van der Waals surface area contributed by atoms with Crippen molar-refractivity contribution in [2.45, 2.75) is 5.75 Å². The number of benzene rings is 2. The minimum Gasteiger partial charge on any atom is -0.545 e. The zero-order valence-corrected chi connectivity index (χ0v) is 13.1. The van der Waals surface area contributed by atoms with Gasteiger partial charge in [-0.25, -0.2) is 8.42 Å². The molecule has 1 amide bonds. The van der Waals surface area contributed by atoms with E-state index in [-0.39, 0.29) is 22.6 Å². The molecule has 2 aromatic carbocycles. The van der Waals surface area contributed by atoms with Crippen LogP contribution in [0.25, 0.3) is 0 Å². The normalized spacial score (nSPS) is 11.0. The van der Waals surface area contributed by atoms with E-state index < -0.39 is 21.7 Å². The number of carbonyl (C=O) groups excluding carboxylic acids is 2. The Labute approximate surface area is 133 Å². The number of aromatic carboxylic acids is 1. The van der Waals surface area contributed by atoms with E-state index in [0.717, 1.165) is 6.26 Å². The molecule has 0 aromatic heterocycles. The Morgan fingerprint density at radius 2 is 1.65 bits per heavy atom. The van der Waals surface area contributed by atoms with Crippen molar-refractivity contribution in [2.24, 2.45) is 0 Å². The van der Waals surface area contributed by atoms with Crippen molar-refractivity contribution in [1.29, 1.82) is 0 Å². The standard InChI is InChI=1S/C16H15NO5S/c1-23(21,22)10-11-6-8-12(9-7-11)15(18)17-14-5-3-2-4-13(14)16(19)20/h2-9H,10H2,1H3,(H,17,18)(H,19,20)/p-1. The highest BCUT2D eigenvalue weighted by atomic mass is 32.2. The minimum absolute atomic E-state index is 0.109. The van der Waals surface area contributed by atoms with Crippen molar-refractivity contribution in [3.8, 4) is 0 Å². The Morgan fingerprint density at radius 3 is 2.22 bits per heavy atom. The molecular weight excluding hydrogens is 318 g/mol. The molecule has 7 heteroatoms. The Bertz CT molecular complexity index is 841. The van der Waals surface area contributed by atoms with Crippen LogP contribution in [0.1, 0.15) is 26.3 Å². The van der Waals surface area contributed by atoms with E-state index in [1.165, 1.54) is 30.3 Å². The lowest BCUT2D eigenvalue weighted by molar-refractivity contribution is -0.254. The quantitative estimate of drug-likeness (QED) is 0.874. The molecular formula is C16H14NO5S-. The van der Waals surface area contributed by atoms with Crippen LogP contribution in [-0.4, -0.2) is 26.6 Å². The summed E-state index contributed by atoms with van der Waals surface area (Å²) < 4.78 is 22.4. The Hall–Kier alpha value is -2.67. The summed E-state index contributed by atoms with van der Waals surface area (Å²) >= 11 is 0. The second-order valence-electron chi connectivity index (χ2n) is 5.05. The molecule has 1 N–H and O–H groups in total. The number of carbonyl (C=O) groups is 2. The van der Waals surface area contributed by atoms with Crippen molar-refractivity contribution in [1.82, 2.24) is 0 Å². The molecule has 0 heterocycles. The van der Waals surface area contributed by atoms with Crippen LogP contribution in [0.5, 0.6) is 0 Å². The zero-order valence-electron chi connectivity index (χ0n) is 12.3. The van der Waals surface area contributed by atoms with Gasteiger partial charge in [-0.15, -0.1) is 0 Å². The second-order valence-corrected chi connectivity index (χ2v) is 7.19. The topological polar surface area (TPSA) is 103 Å². The van der Waals surface area contributed by atoms with Crippen LogP contribution in [0.15, 0.2) is 48.5 Å². The number of hydrogen-bond acceptors (Lipinski definition) is 5. The predicted molar refractivity (Wildman–Crippen MR) is 83.7 cm³/mol. The number of rotatable bonds is 5. The van der Waals surface area contributed by atoms with Gasteiger partial charge < -0.3 is 15.2 Å². The van der Waals surface area contributed by atoms with Crippen molar-refractivity contribution >= 4 is 27.4 Å². The van der Waals surface area contributed by atoms with Gasteiger partial charge in [0.05, 0.1) is 17.4 Å². The molecule has 2 rings (SSSR count). The molecule has 6 nitrogen and oxygen atoms in total. The third-order valence-corrected chi connectivity index (χ3v) is 3.90. The van der Waals surface area contributed by atoms with Gasteiger partial charge in [-0.2, -0.15) is 0 Å². The molecule has 0 spiro atoms. The van der Waals surface area contributed by atoms with Gasteiger partial charge in [-0.05, 0) is 23.8 Å².